The van der Waals surface area contributed by atoms with E-state index in [1.165, 1.54) is 5.56 Å². The summed E-state index contributed by atoms with van der Waals surface area (Å²) in [5, 5.41) is 2.87. The van der Waals surface area contributed by atoms with Crippen molar-refractivity contribution in [3.05, 3.63) is 59.7 Å². The molecule has 1 heterocycles. The maximum Gasteiger partial charge on any atom is 0.229 e. The second kappa shape index (κ2) is 7.38. The number of methoxy groups -OCH3 is 1. The van der Waals surface area contributed by atoms with Crippen molar-refractivity contribution in [1.29, 1.82) is 0 Å². The predicted molar refractivity (Wildman–Crippen MR) is 96.3 cm³/mol. The first-order valence-corrected chi connectivity index (χ1v) is 8.33. The molecule has 5 nitrogen and oxygen atoms in total. The number of nitrogens with zero attached hydrogens (tertiary/aromatic N) is 1. The van der Waals surface area contributed by atoms with Crippen LogP contribution in [0.1, 0.15) is 17.5 Å². The van der Waals surface area contributed by atoms with Crippen LogP contribution in [0, 0.1) is 12.8 Å². The number of hydrogen-bond acceptors (Lipinski definition) is 3. The Morgan fingerprint density at radius 1 is 1.16 bits per heavy atom. The third kappa shape index (κ3) is 4.18. The Labute approximate surface area is 147 Å². The van der Waals surface area contributed by atoms with Crippen molar-refractivity contribution in [2.24, 2.45) is 5.92 Å². The minimum atomic E-state index is -0.319. The van der Waals surface area contributed by atoms with Crippen LogP contribution in [0.5, 0.6) is 5.75 Å². The summed E-state index contributed by atoms with van der Waals surface area (Å²) in [5.41, 5.74) is 2.97. The van der Waals surface area contributed by atoms with Gasteiger partial charge in [-0.3, -0.25) is 9.59 Å². The van der Waals surface area contributed by atoms with Crippen molar-refractivity contribution in [1.82, 2.24) is 4.90 Å². The highest BCUT2D eigenvalue weighted by molar-refractivity contribution is 5.97. The van der Waals surface area contributed by atoms with Gasteiger partial charge in [0.05, 0.1) is 13.0 Å². The number of benzene rings is 2. The Balaban J connectivity index is 1.59. The van der Waals surface area contributed by atoms with Crippen LogP contribution in [0.4, 0.5) is 5.69 Å². The lowest BCUT2D eigenvalue weighted by Gasteiger charge is -2.17. The van der Waals surface area contributed by atoms with Crippen LogP contribution in [0.2, 0.25) is 0 Å². The molecule has 0 unspecified atom stereocenters. The number of hydrogen-bond donors (Lipinski definition) is 1. The molecule has 1 N–H and O–H groups in total. The number of anilines is 1. The van der Waals surface area contributed by atoms with Gasteiger partial charge >= 0.3 is 0 Å². The molecule has 0 aromatic heterocycles. The first-order valence-electron chi connectivity index (χ1n) is 8.33. The Morgan fingerprint density at radius 2 is 1.84 bits per heavy atom. The van der Waals surface area contributed by atoms with Crippen molar-refractivity contribution in [3.63, 3.8) is 0 Å². The molecule has 25 heavy (non-hydrogen) atoms. The maximum atomic E-state index is 12.4. The van der Waals surface area contributed by atoms with E-state index in [9.17, 15) is 9.59 Å². The van der Waals surface area contributed by atoms with Gasteiger partial charge in [0, 0.05) is 25.2 Å². The summed E-state index contributed by atoms with van der Waals surface area (Å²) in [7, 11) is 1.60. The lowest BCUT2D eigenvalue weighted by atomic mass is 10.1. The van der Waals surface area contributed by atoms with Crippen LogP contribution in [0.25, 0.3) is 0 Å². The number of rotatable bonds is 5. The summed E-state index contributed by atoms with van der Waals surface area (Å²) >= 11 is 0. The number of carbonyl (C=O) groups is 2. The molecule has 1 atom stereocenters. The van der Waals surface area contributed by atoms with Crippen molar-refractivity contribution >= 4 is 17.5 Å². The molecular weight excluding hydrogens is 316 g/mol. The monoisotopic (exact) mass is 338 g/mol. The molecule has 0 saturated carbocycles. The van der Waals surface area contributed by atoms with E-state index in [1.54, 1.807) is 36.3 Å². The Hall–Kier alpha value is -2.82. The average Bonchev–Trinajstić information content (AvgIpc) is 2.98. The van der Waals surface area contributed by atoms with Gasteiger partial charge in [-0.1, -0.05) is 29.8 Å². The van der Waals surface area contributed by atoms with Crippen LogP contribution in [-0.4, -0.2) is 30.4 Å². The molecule has 2 amide bonds. The number of carbonyl (C=O) groups excluding carboxylic acids is 2. The maximum absolute atomic E-state index is 12.4. The van der Waals surface area contributed by atoms with Gasteiger partial charge in [0.25, 0.3) is 0 Å². The van der Waals surface area contributed by atoms with Gasteiger partial charge in [0.2, 0.25) is 11.8 Å². The van der Waals surface area contributed by atoms with E-state index >= 15 is 0 Å². The standard InChI is InChI=1S/C20H22N2O3/c1-14-3-5-15(6-4-14)12-22-13-16(11-19(22)23)20(24)21-17-7-9-18(25-2)10-8-17/h3-10,16H,11-13H2,1-2H3,(H,21,24)/t16-/m1/s1. The zero-order valence-corrected chi connectivity index (χ0v) is 14.5. The SMILES string of the molecule is COc1ccc(NC(=O)[C@@H]2CC(=O)N(Cc3ccc(C)cc3)C2)cc1. The molecule has 2 aromatic rings. The van der Waals surface area contributed by atoms with E-state index in [0.717, 1.165) is 11.3 Å². The van der Waals surface area contributed by atoms with Gasteiger partial charge in [-0.05, 0) is 36.8 Å². The molecule has 1 saturated heterocycles. The van der Waals surface area contributed by atoms with E-state index in [-0.39, 0.29) is 24.2 Å². The van der Waals surface area contributed by atoms with Gasteiger partial charge in [0.1, 0.15) is 5.75 Å². The molecule has 1 fully saturated rings. The highest BCUT2D eigenvalue weighted by Gasteiger charge is 2.34. The van der Waals surface area contributed by atoms with Crippen LogP contribution >= 0.6 is 0 Å². The number of amides is 2. The summed E-state index contributed by atoms with van der Waals surface area (Å²) in [6, 6.07) is 15.3. The van der Waals surface area contributed by atoms with Gasteiger partial charge in [0.15, 0.2) is 0 Å². The number of likely N-dealkylation sites (tertiary alicyclic amines) is 1. The second-order valence-corrected chi connectivity index (χ2v) is 6.38. The Morgan fingerprint density at radius 3 is 2.48 bits per heavy atom. The van der Waals surface area contributed by atoms with E-state index in [2.05, 4.69) is 5.32 Å². The van der Waals surface area contributed by atoms with E-state index < -0.39 is 0 Å². The molecule has 0 aliphatic carbocycles. The fraction of sp³-hybridized carbons (Fsp3) is 0.300. The minimum Gasteiger partial charge on any atom is -0.497 e. The Kier molecular flexibility index (Phi) is 5.03. The van der Waals surface area contributed by atoms with Crippen LogP contribution < -0.4 is 10.1 Å². The van der Waals surface area contributed by atoms with E-state index in [1.807, 2.05) is 31.2 Å². The van der Waals surface area contributed by atoms with Crippen molar-refractivity contribution in [3.8, 4) is 5.75 Å². The second-order valence-electron chi connectivity index (χ2n) is 6.38. The predicted octanol–water partition coefficient (Wildman–Crippen LogP) is 2.99. The first kappa shape index (κ1) is 17.0. The molecule has 2 aromatic carbocycles. The molecule has 1 aliphatic heterocycles. The normalized spacial score (nSPS) is 16.8. The zero-order valence-electron chi connectivity index (χ0n) is 14.5. The molecule has 0 spiro atoms. The zero-order chi connectivity index (χ0) is 17.8. The van der Waals surface area contributed by atoms with Gasteiger partial charge in [-0.25, -0.2) is 0 Å². The largest absolute Gasteiger partial charge is 0.497 e. The average molecular weight is 338 g/mol. The van der Waals surface area contributed by atoms with Crippen LogP contribution in [0.3, 0.4) is 0 Å². The van der Waals surface area contributed by atoms with Gasteiger partial charge in [-0.2, -0.15) is 0 Å². The highest BCUT2D eigenvalue weighted by Crippen LogP contribution is 2.23. The van der Waals surface area contributed by atoms with E-state index in [0.29, 0.717) is 18.8 Å². The molecule has 0 bridgehead atoms. The summed E-state index contributed by atoms with van der Waals surface area (Å²) in [6.45, 7) is 3.03. The van der Waals surface area contributed by atoms with E-state index in [4.69, 9.17) is 4.74 Å². The van der Waals surface area contributed by atoms with Crippen molar-refractivity contribution < 1.29 is 14.3 Å². The fourth-order valence-corrected chi connectivity index (χ4v) is 2.93. The quantitative estimate of drug-likeness (QED) is 0.912. The lowest BCUT2D eigenvalue weighted by Crippen LogP contribution is -2.28. The van der Waals surface area contributed by atoms with Crippen molar-refractivity contribution in [2.75, 3.05) is 19.0 Å². The molecule has 1 aliphatic rings. The third-order valence-electron chi connectivity index (χ3n) is 4.44. The summed E-state index contributed by atoms with van der Waals surface area (Å²) in [5.74, 6) is 0.318. The molecular formula is C20H22N2O3. The summed E-state index contributed by atoms with van der Waals surface area (Å²) < 4.78 is 5.10. The summed E-state index contributed by atoms with van der Waals surface area (Å²) in [4.78, 5) is 26.4. The number of aryl methyl sites for hydroxylation is 1. The fourth-order valence-electron chi connectivity index (χ4n) is 2.93. The highest BCUT2D eigenvalue weighted by atomic mass is 16.5. The minimum absolute atomic E-state index is 0.0236. The topological polar surface area (TPSA) is 58.6 Å². The number of ether oxygens (including phenoxy) is 1. The first-order chi connectivity index (χ1) is 12.0. The molecule has 130 valence electrons. The van der Waals surface area contributed by atoms with Crippen molar-refractivity contribution in [2.45, 2.75) is 19.9 Å². The van der Waals surface area contributed by atoms with Crippen LogP contribution in [-0.2, 0) is 16.1 Å². The molecule has 3 rings (SSSR count). The molecule has 0 radical (unpaired) electrons. The summed E-state index contributed by atoms with van der Waals surface area (Å²) in [6.07, 6.45) is 0.258. The lowest BCUT2D eigenvalue weighted by molar-refractivity contribution is -0.128. The number of nitrogens with one attached hydrogen (secondary N) is 1. The third-order valence-corrected chi connectivity index (χ3v) is 4.44. The van der Waals surface area contributed by atoms with Gasteiger partial charge < -0.3 is 15.0 Å². The molecule has 5 heteroatoms. The van der Waals surface area contributed by atoms with Gasteiger partial charge in [-0.15, -0.1) is 0 Å². The smallest absolute Gasteiger partial charge is 0.229 e. The Bertz CT molecular complexity index is 754. The van der Waals surface area contributed by atoms with Crippen LogP contribution in [0.15, 0.2) is 48.5 Å².